The third kappa shape index (κ3) is 7.22. The van der Waals surface area contributed by atoms with Crippen LogP contribution in [-0.4, -0.2) is 86.2 Å². The summed E-state index contributed by atoms with van der Waals surface area (Å²) in [6.45, 7) is 10.8. The molecule has 9 heteroatoms. The Bertz CT molecular complexity index is 629. The van der Waals surface area contributed by atoms with Gasteiger partial charge in [0, 0.05) is 31.3 Å². The van der Waals surface area contributed by atoms with E-state index in [1.807, 2.05) is 0 Å². The Kier molecular flexibility index (Phi) is 8.67. The summed E-state index contributed by atoms with van der Waals surface area (Å²) in [5.74, 6) is -2.41. The van der Waals surface area contributed by atoms with Gasteiger partial charge in [-0.1, -0.05) is 13.2 Å². The second-order valence-electron chi connectivity index (χ2n) is 6.28. The lowest BCUT2D eigenvalue weighted by Crippen LogP contribution is -2.55. The molecule has 0 aromatic rings. The van der Waals surface area contributed by atoms with E-state index in [9.17, 15) is 19.2 Å². The molecule has 1 rings (SSSR count). The fourth-order valence-corrected chi connectivity index (χ4v) is 2.10. The van der Waals surface area contributed by atoms with E-state index in [-0.39, 0.29) is 37.5 Å². The first-order valence-corrected chi connectivity index (χ1v) is 8.44. The SMILES string of the molecule is C=C(C)C(=O)OCCOCC(CN1CCN(C)C(=O)C1=O)OC(=O)C(=C)C. The first kappa shape index (κ1) is 22.4. The molecule has 0 aromatic carbocycles. The molecule has 0 N–H and O–H groups in total. The van der Waals surface area contributed by atoms with E-state index in [1.165, 1.54) is 23.6 Å². The Balaban J connectivity index is 2.57. The highest BCUT2D eigenvalue weighted by atomic mass is 16.6. The van der Waals surface area contributed by atoms with E-state index >= 15 is 0 Å². The lowest BCUT2D eigenvalue weighted by atomic mass is 10.2. The van der Waals surface area contributed by atoms with Crippen molar-refractivity contribution in [1.29, 1.82) is 0 Å². The third-order valence-corrected chi connectivity index (χ3v) is 3.68. The smallest absolute Gasteiger partial charge is 0.333 e. The van der Waals surface area contributed by atoms with Crippen LogP contribution in [0.1, 0.15) is 13.8 Å². The van der Waals surface area contributed by atoms with Gasteiger partial charge in [-0.15, -0.1) is 0 Å². The van der Waals surface area contributed by atoms with Crippen LogP contribution in [0.15, 0.2) is 24.3 Å². The van der Waals surface area contributed by atoms with Gasteiger partial charge < -0.3 is 24.0 Å². The van der Waals surface area contributed by atoms with E-state index in [0.29, 0.717) is 13.1 Å². The summed E-state index contributed by atoms with van der Waals surface area (Å²) in [5.41, 5.74) is 0.484. The van der Waals surface area contributed by atoms with Crippen molar-refractivity contribution in [2.75, 3.05) is 46.5 Å². The van der Waals surface area contributed by atoms with Crippen LogP contribution in [-0.2, 0) is 33.4 Å². The predicted octanol–water partition coefficient (Wildman–Crippen LogP) is -0.0892. The van der Waals surface area contributed by atoms with Gasteiger partial charge in [0.25, 0.3) is 0 Å². The molecule has 1 saturated heterocycles. The minimum Gasteiger partial charge on any atom is -0.460 e. The van der Waals surface area contributed by atoms with Gasteiger partial charge in [0.2, 0.25) is 0 Å². The van der Waals surface area contributed by atoms with E-state index in [4.69, 9.17) is 14.2 Å². The van der Waals surface area contributed by atoms with Gasteiger partial charge in [-0.25, -0.2) is 9.59 Å². The first-order valence-electron chi connectivity index (χ1n) is 8.44. The van der Waals surface area contributed by atoms with Crippen LogP contribution in [0.2, 0.25) is 0 Å². The zero-order chi connectivity index (χ0) is 20.6. The minimum atomic E-state index is -0.786. The monoisotopic (exact) mass is 382 g/mol. The van der Waals surface area contributed by atoms with E-state index in [2.05, 4.69) is 13.2 Å². The number of hydrogen-bond acceptors (Lipinski definition) is 7. The summed E-state index contributed by atoms with van der Waals surface area (Å²) >= 11 is 0. The molecule has 1 aliphatic heterocycles. The van der Waals surface area contributed by atoms with Crippen molar-refractivity contribution in [2.24, 2.45) is 0 Å². The van der Waals surface area contributed by atoms with Crippen LogP contribution in [0.3, 0.4) is 0 Å². The molecule has 1 aliphatic rings. The molecule has 0 aliphatic carbocycles. The zero-order valence-corrected chi connectivity index (χ0v) is 16.0. The number of rotatable bonds is 10. The summed E-state index contributed by atoms with van der Waals surface area (Å²) < 4.78 is 15.6. The second kappa shape index (κ2) is 10.5. The number of carbonyl (C=O) groups is 4. The van der Waals surface area contributed by atoms with Gasteiger partial charge in [-0.05, 0) is 13.8 Å². The molecule has 1 atom stereocenters. The minimum absolute atomic E-state index is 0.0127. The van der Waals surface area contributed by atoms with Gasteiger partial charge in [0.05, 0.1) is 19.8 Å². The Labute approximate surface area is 158 Å². The van der Waals surface area contributed by atoms with Crippen molar-refractivity contribution in [2.45, 2.75) is 20.0 Å². The number of carbonyl (C=O) groups excluding carboxylic acids is 4. The number of hydrogen-bond donors (Lipinski definition) is 0. The Morgan fingerprint density at radius 2 is 1.67 bits per heavy atom. The topological polar surface area (TPSA) is 102 Å². The fourth-order valence-electron chi connectivity index (χ4n) is 2.10. The van der Waals surface area contributed by atoms with Crippen molar-refractivity contribution >= 4 is 23.8 Å². The largest absolute Gasteiger partial charge is 0.460 e. The van der Waals surface area contributed by atoms with Crippen molar-refractivity contribution in [3.05, 3.63) is 24.3 Å². The van der Waals surface area contributed by atoms with Crippen LogP contribution < -0.4 is 0 Å². The standard InChI is InChI=1S/C18H26N2O7/c1-12(2)17(23)26-9-8-25-11-14(27-18(24)13(3)4)10-20-7-6-19(5)15(21)16(20)22/h14H,1,3,6-11H2,2,4-5H3. The number of ether oxygens (including phenoxy) is 3. The lowest BCUT2D eigenvalue weighted by Gasteiger charge is -2.33. The van der Waals surface area contributed by atoms with Gasteiger partial charge >= 0.3 is 23.8 Å². The maximum atomic E-state index is 12.1. The molecular formula is C18H26N2O7. The molecule has 0 spiro atoms. The fraction of sp³-hybridized carbons (Fsp3) is 0.556. The molecule has 0 bridgehead atoms. The number of nitrogens with zero attached hydrogens (tertiary/aromatic N) is 2. The molecule has 0 aromatic heterocycles. The molecule has 0 radical (unpaired) electrons. The number of piperazine rings is 1. The maximum absolute atomic E-state index is 12.1. The normalized spacial score (nSPS) is 15.4. The van der Waals surface area contributed by atoms with E-state index in [1.54, 1.807) is 7.05 Å². The summed E-state index contributed by atoms with van der Waals surface area (Å²) in [4.78, 5) is 49.6. The highest BCUT2D eigenvalue weighted by Gasteiger charge is 2.32. The molecule has 2 amide bonds. The quantitative estimate of drug-likeness (QED) is 0.225. The van der Waals surface area contributed by atoms with Crippen molar-refractivity contribution in [1.82, 2.24) is 9.80 Å². The summed E-state index contributed by atoms with van der Waals surface area (Å²) in [7, 11) is 1.55. The number of amides is 2. The second-order valence-corrected chi connectivity index (χ2v) is 6.28. The van der Waals surface area contributed by atoms with Crippen LogP contribution >= 0.6 is 0 Å². The Hall–Kier alpha value is -2.68. The van der Waals surface area contributed by atoms with Crippen LogP contribution in [0.25, 0.3) is 0 Å². The molecule has 9 nitrogen and oxygen atoms in total. The van der Waals surface area contributed by atoms with Crippen LogP contribution in [0.4, 0.5) is 0 Å². The number of likely N-dealkylation sites (N-methyl/N-ethyl adjacent to an activating group) is 1. The summed E-state index contributed by atoms with van der Waals surface area (Å²) in [6.07, 6.45) is -0.786. The molecule has 150 valence electrons. The highest BCUT2D eigenvalue weighted by Crippen LogP contribution is 2.08. The molecular weight excluding hydrogens is 356 g/mol. The van der Waals surface area contributed by atoms with Gasteiger partial charge in [-0.2, -0.15) is 0 Å². The first-order chi connectivity index (χ1) is 12.6. The molecule has 0 saturated carbocycles. The maximum Gasteiger partial charge on any atom is 0.333 e. The summed E-state index contributed by atoms with van der Waals surface area (Å²) in [6, 6.07) is 0. The summed E-state index contributed by atoms with van der Waals surface area (Å²) in [5, 5.41) is 0. The average molecular weight is 382 g/mol. The van der Waals surface area contributed by atoms with Gasteiger partial charge in [0.1, 0.15) is 12.7 Å². The molecule has 1 fully saturated rings. The van der Waals surface area contributed by atoms with Crippen molar-refractivity contribution in [3.8, 4) is 0 Å². The lowest BCUT2D eigenvalue weighted by molar-refractivity contribution is -0.159. The van der Waals surface area contributed by atoms with Crippen LogP contribution in [0, 0.1) is 0 Å². The van der Waals surface area contributed by atoms with Crippen molar-refractivity contribution in [3.63, 3.8) is 0 Å². The Morgan fingerprint density at radius 3 is 2.26 bits per heavy atom. The predicted molar refractivity (Wildman–Crippen MR) is 95.5 cm³/mol. The molecule has 1 unspecified atom stereocenters. The van der Waals surface area contributed by atoms with E-state index < -0.39 is 29.9 Å². The third-order valence-electron chi connectivity index (χ3n) is 3.68. The highest BCUT2D eigenvalue weighted by molar-refractivity contribution is 6.35. The average Bonchev–Trinajstić information content (AvgIpc) is 2.61. The van der Waals surface area contributed by atoms with Crippen molar-refractivity contribution < 1.29 is 33.4 Å². The number of esters is 2. The molecule has 27 heavy (non-hydrogen) atoms. The Morgan fingerprint density at radius 1 is 1.04 bits per heavy atom. The van der Waals surface area contributed by atoms with E-state index in [0.717, 1.165) is 0 Å². The van der Waals surface area contributed by atoms with Gasteiger partial charge in [-0.3, -0.25) is 9.59 Å². The van der Waals surface area contributed by atoms with Gasteiger partial charge in [0.15, 0.2) is 0 Å². The molecule has 1 heterocycles. The van der Waals surface area contributed by atoms with Crippen LogP contribution in [0.5, 0.6) is 0 Å². The zero-order valence-electron chi connectivity index (χ0n) is 16.0.